The second-order valence-electron chi connectivity index (χ2n) is 7.08. The van der Waals surface area contributed by atoms with Crippen LogP contribution in [0, 0.1) is 0 Å². The third-order valence-corrected chi connectivity index (χ3v) is 3.92. The number of benzene rings is 1. The molecule has 0 aromatic heterocycles. The highest BCUT2D eigenvalue weighted by atomic mass is 16.6. The molecule has 2 N–H and O–H groups in total. The smallest absolute Gasteiger partial charge is 0.407 e. The molecule has 3 rings (SSSR count). The van der Waals surface area contributed by atoms with Gasteiger partial charge in [-0.15, -0.1) is 0 Å². The average molecular weight is 304 g/mol. The topological polar surface area (TPSA) is 59.6 Å². The number of alkyl carbamates (subject to hydrolysis) is 1. The highest BCUT2D eigenvalue weighted by molar-refractivity contribution is 5.68. The van der Waals surface area contributed by atoms with Gasteiger partial charge in [-0.3, -0.25) is 0 Å². The molecule has 1 aromatic rings. The largest absolute Gasteiger partial charge is 0.493 e. The molecule has 1 fully saturated rings. The fraction of sp³-hybridized carbons (Fsp3) is 0.588. The number of fused-ring (bicyclic) bond motifs is 1. The van der Waals surface area contributed by atoms with Gasteiger partial charge in [0.15, 0.2) is 0 Å². The fourth-order valence-corrected chi connectivity index (χ4v) is 2.84. The van der Waals surface area contributed by atoms with Crippen LogP contribution in [0.4, 0.5) is 10.5 Å². The molecule has 1 heterocycles. The predicted octanol–water partition coefficient (Wildman–Crippen LogP) is 3.09. The quantitative estimate of drug-likeness (QED) is 0.901. The summed E-state index contributed by atoms with van der Waals surface area (Å²) in [5.41, 5.74) is 1.95. The maximum atomic E-state index is 11.7. The molecule has 0 atom stereocenters. The van der Waals surface area contributed by atoms with Crippen LogP contribution < -0.4 is 15.4 Å². The molecule has 1 aliphatic heterocycles. The van der Waals surface area contributed by atoms with Crippen LogP contribution in [0.15, 0.2) is 18.2 Å². The Kier molecular flexibility index (Phi) is 3.89. The SMILES string of the molecule is CC(C)(C)OC(=O)NC1CC(Nc2ccc3c(c2)CCO3)C1. The number of amides is 1. The number of carbonyl (C=O) groups excluding carboxylic acids is 1. The monoisotopic (exact) mass is 304 g/mol. The van der Waals surface area contributed by atoms with Gasteiger partial charge in [0.25, 0.3) is 0 Å². The lowest BCUT2D eigenvalue weighted by Gasteiger charge is -2.37. The lowest BCUT2D eigenvalue weighted by Crippen LogP contribution is -2.50. The Morgan fingerprint density at radius 2 is 2.05 bits per heavy atom. The Hall–Kier alpha value is -1.91. The Balaban J connectivity index is 1.43. The highest BCUT2D eigenvalue weighted by Gasteiger charge is 2.31. The van der Waals surface area contributed by atoms with E-state index in [2.05, 4.69) is 22.8 Å². The van der Waals surface area contributed by atoms with E-state index >= 15 is 0 Å². The lowest BCUT2D eigenvalue weighted by atomic mass is 9.86. The van der Waals surface area contributed by atoms with Crippen LogP contribution >= 0.6 is 0 Å². The first-order valence-electron chi connectivity index (χ1n) is 7.91. The first-order chi connectivity index (χ1) is 10.4. The van der Waals surface area contributed by atoms with E-state index in [9.17, 15) is 4.79 Å². The predicted molar refractivity (Wildman–Crippen MR) is 85.4 cm³/mol. The van der Waals surface area contributed by atoms with Gasteiger partial charge in [0.05, 0.1) is 6.61 Å². The number of hydrogen-bond donors (Lipinski definition) is 2. The molecule has 120 valence electrons. The standard InChI is InChI=1S/C17H24N2O3/c1-17(2,3)22-16(20)19-14-9-13(10-14)18-12-4-5-15-11(8-12)6-7-21-15/h4-5,8,13-14,18H,6-7,9-10H2,1-3H3,(H,19,20). The minimum atomic E-state index is -0.446. The van der Waals surface area contributed by atoms with Crippen LogP contribution in [0.3, 0.4) is 0 Å². The molecule has 1 aliphatic carbocycles. The maximum absolute atomic E-state index is 11.7. The van der Waals surface area contributed by atoms with Crippen LogP contribution in [-0.2, 0) is 11.2 Å². The zero-order valence-corrected chi connectivity index (χ0v) is 13.4. The molecule has 0 bridgehead atoms. The van der Waals surface area contributed by atoms with Crippen molar-refractivity contribution in [3.05, 3.63) is 23.8 Å². The second-order valence-corrected chi connectivity index (χ2v) is 7.08. The van der Waals surface area contributed by atoms with E-state index in [-0.39, 0.29) is 12.1 Å². The van der Waals surface area contributed by atoms with E-state index in [1.807, 2.05) is 26.8 Å². The van der Waals surface area contributed by atoms with E-state index in [4.69, 9.17) is 9.47 Å². The molecule has 5 heteroatoms. The van der Waals surface area contributed by atoms with E-state index in [0.717, 1.165) is 37.3 Å². The normalized spacial score (nSPS) is 23.0. The number of ether oxygens (including phenoxy) is 2. The molecular weight excluding hydrogens is 280 g/mol. The summed E-state index contributed by atoms with van der Waals surface area (Å²) in [4.78, 5) is 11.7. The van der Waals surface area contributed by atoms with Gasteiger partial charge < -0.3 is 20.1 Å². The van der Waals surface area contributed by atoms with Crippen LogP contribution in [0.2, 0.25) is 0 Å². The zero-order valence-electron chi connectivity index (χ0n) is 13.4. The number of rotatable bonds is 3. The van der Waals surface area contributed by atoms with E-state index in [1.54, 1.807) is 0 Å². The number of carbonyl (C=O) groups is 1. The first-order valence-corrected chi connectivity index (χ1v) is 7.91. The van der Waals surface area contributed by atoms with Gasteiger partial charge in [-0.2, -0.15) is 0 Å². The van der Waals surface area contributed by atoms with Gasteiger partial charge in [-0.1, -0.05) is 0 Å². The van der Waals surface area contributed by atoms with Crippen molar-refractivity contribution in [2.24, 2.45) is 0 Å². The van der Waals surface area contributed by atoms with E-state index < -0.39 is 5.60 Å². The summed E-state index contributed by atoms with van der Waals surface area (Å²) in [5, 5.41) is 6.42. The Morgan fingerprint density at radius 1 is 1.27 bits per heavy atom. The van der Waals surface area contributed by atoms with Crippen molar-refractivity contribution in [1.29, 1.82) is 0 Å². The first kappa shape index (κ1) is 15.0. The van der Waals surface area contributed by atoms with Crippen molar-refractivity contribution < 1.29 is 14.3 Å². The van der Waals surface area contributed by atoms with Crippen LogP contribution in [-0.4, -0.2) is 30.4 Å². The Bertz CT molecular complexity index is 560. The molecule has 2 aliphatic rings. The summed E-state index contributed by atoms with van der Waals surface area (Å²) in [6, 6.07) is 6.85. The van der Waals surface area contributed by atoms with E-state index in [1.165, 1.54) is 5.56 Å². The summed E-state index contributed by atoms with van der Waals surface area (Å²) in [6.07, 6.45) is 2.50. The highest BCUT2D eigenvalue weighted by Crippen LogP contribution is 2.30. The molecule has 0 spiro atoms. The maximum Gasteiger partial charge on any atom is 0.407 e. The van der Waals surface area contributed by atoms with E-state index in [0.29, 0.717) is 6.04 Å². The third-order valence-electron chi connectivity index (χ3n) is 3.92. The number of nitrogens with one attached hydrogen (secondary N) is 2. The molecular formula is C17H24N2O3. The fourth-order valence-electron chi connectivity index (χ4n) is 2.84. The van der Waals surface area contributed by atoms with Gasteiger partial charge >= 0.3 is 6.09 Å². The molecule has 1 saturated carbocycles. The second kappa shape index (κ2) is 5.71. The van der Waals surface area contributed by atoms with Gasteiger partial charge in [-0.05, 0) is 57.4 Å². The van der Waals surface area contributed by atoms with Crippen molar-refractivity contribution >= 4 is 11.8 Å². The summed E-state index contributed by atoms with van der Waals surface area (Å²) in [5.74, 6) is 1.00. The summed E-state index contributed by atoms with van der Waals surface area (Å²) < 4.78 is 10.8. The number of hydrogen-bond acceptors (Lipinski definition) is 4. The van der Waals surface area contributed by atoms with Crippen molar-refractivity contribution in [2.75, 3.05) is 11.9 Å². The lowest BCUT2D eigenvalue weighted by molar-refractivity contribution is 0.0475. The molecule has 0 saturated heterocycles. The average Bonchev–Trinajstić information content (AvgIpc) is 2.81. The van der Waals surface area contributed by atoms with Crippen LogP contribution in [0.5, 0.6) is 5.75 Å². The van der Waals surface area contributed by atoms with Crippen molar-refractivity contribution in [3.8, 4) is 5.75 Å². The van der Waals surface area contributed by atoms with Crippen molar-refractivity contribution in [2.45, 2.75) is 57.7 Å². The van der Waals surface area contributed by atoms with Crippen LogP contribution in [0.1, 0.15) is 39.2 Å². The van der Waals surface area contributed by atoms with Crippen molar-refractivity contribution in [1.82, 2.24) is 5.32 Å². The Morgan fingerprint density at radius 3 is 2.77 bits per heavy atom. The zero-order chi connectivity index (χ0) is 15.7. The third kappa shape index (κ3) is 3.64. The molecule has 1 amide bonds. The summed E-state index contributed by atoms with van der Waals surface area (Å²) in [6.45, 7) is 6.39. The Labute approximate surface area is 131 Å². The molecule has 5 nitrogen and oxygen atoms in total. The van der Waals surface area contributed by atoms with Crippen LogP contribution in [0.25, 0.3) is 0 Å². The minimum absolute atomic E-state index is 0.199. The summed E-state index contributed by atoms with van der Waals surface area (Å²) in [7, 11) is 0. The number of anilines is 1. The van der Waals surface area contributed by atoms with Crippen molar-refractivity contribution in [3.63, 3.8) is 0 Å². The summed E-state index contributed by atoms with van der Waals surface area (Å²) >= 11 is 0. The minimum Gasteiger partial charge on any atom is -0.493 e. The van der Waals surface area contributed by atoms with Gasteiger partial charge in [-0.25, -0.2) is 4.79 Å². The van der Waals surface area contributed by atoms with Gasteiger partial charge in [0, 0.05) is 24.2 Å². The molecule has 22 heavy (non-hydrogen) atoms. The van der Waals surface area contributed by atoms with Gasteiger partial charge in [0.1, 0.15) is 11.4 Å². The molecule has 0 unspecified atom stereocenters. The molecule has 0 radical (unpaired) electrons. The van der Waals surface area contributed by atoms with Gasteiger partial charge in [0.2, 0.25) is 0 Å². The molecule has 1 aromatic carbocycles.